The van der Waals surface area contributed by atoms with Gasteiger partial charge in [0.2, 0.25) is 0 Å². The first-order valence-electron chi connectivity index (χ1n) is 5.91. The Balaban J connectivity index is 2.17. The van der Waals surface area contributed by atoms with E-state index in [0.717, 1.165) is 4.57 Å². The van der Waals surface area contributed by atoms with Crippen LogP contribution in [0.2, 0.25) is 0 Å². The van der Waals surface area contributed by atoms with Crippen LogP contribution < -0.4 is 5.32 Å². The lowest BCUT2D eigenvalue weighted by molar-refractivity contribution is 0.0690. The standard InChI is InChI=1S/C13H11F2N3O3/c14-11(15)7-18-5-1-2-10(18)12(19)17-8-3-4-16-9(6-8)13(20)21/h1-6,11H,7H2,(H,20,21)(H,16,17,19). The Labute approximate surface area is 118 Å². The van der Waals surface area contributed by atoms with E-state index in [1.165, 1.54) is 36.7 Å². The van der Waals surface area contributed by atoms with Gasteiger partial charge in [0, 0.05) is 18.1 Å². The fourth-order valence-electron chi connectivity index (χ4n) is 1.75. The molecule has 0 saturated heterocycles. The fraction of sp³-hybridized carbons (Fsp3) is 0.154. The van der Waals surface area contributed by atoms with E-state index in [0.29, 0.717) is 0 Å². The maximum atomic E-state index is 12.4. The second kappa shape index (κ2) is 6.12. The van der Waals surface area contributed by atoms with Crippen LogP contribution in [0, 0.1) is 0 Å². The summed E-state index contributed by atoms with van der Waals surface area (Å²) in [5.74, 6) is -1.84. The fourth-order valence-corrected chi connectivity index (χ4v) is 1.75. The lowest BCUT2D eigenvalue weighted by Crippen LogP contribution is -2.19. The van der Waals surface area contributed by atoms with E-state index in [4.69, 9.17) is 5.11 Å². The number of carboxylic acids is 1. The van der Waals surface area contributed by atoms with E-state index >= 15 is 0 Å². The first-order chi connectivity index (χ1) is 9.97. The average Bonchev–Trinajstić information content (AvgIpc) is 2.86. The Morgan fingerprint density at radius 3 is 2.81 bits per heavy atom. The van der Waals surface area contributed by atoms with Gasteiger partial charge in [-0.1, -0.05) is 0 Å². The molecule has 0 aliphatic heterocycles. The Kier molecular flexibility index (Phi) is 4.27. The molecule has 0 aliphatic carbocycles. The molecule has 21 heavy (non-hydrogen) atoms. The van der Waals surface area contributed by atoms with Gasteiger partial charge < -0.3 is 15.0 Å². The van der Waals surface area contributed by atoms with Crippen LogP contribution >= 0.6 is 0 Å². The molecule has 0 spiro atoms. The van der Waals surface area contributed by atoms with Gasteiger partial charge in [0.05, 0.1) is 6.54 Å². The molecule has 2 aromatic rings. The van der Waals surface area contributed by atoms with Crippen molar-refractivity contribution in [1.82, 2.24) is 9.55 Å². The first-order valence-corrected chi connectivity index (χ1v) is 5.91. The van der Waals surface area contributed by atoms with Crippen LogP contribution in [0.1, 0.15) is 21.0 Å². The highest BCUT2D eigenvalue weighted by Crippen LogP contribution is 2.12. The molecule has 8 heteroatoms. The lowest BCUT2D eigenvalue weighted by Gasteiger charge is -2.09. The van der Waals surface area contributed by atoms with Gasteiger partial charge in [0.15, 0.2) is 0 Å². The van der Waals surface area contributed by atoms with E-state index in [2.05, 4.69) is 10.3 Å². The second-order valence-corrected chi connectivity index (χ2v) is 4.13. The number of nitrogens with one attached hydrogen (secondary N) is 1. The third-order valence-electron chi connectivity index (χ3n) is 2.63. The second-order valence-electron chi connectivity index (χ2n) is 4.13. The number of hydrogen-bond acceptors (Lipinski definition) is 3. The van der Waals surface area contributed by atoms with Crippen LogP contribution in [0.4, 0.5) is 14.5 Å². The highest BCUT2D eigenvalue weighted by Gasteiger charge is 2.14. The van der Waals surface area contributed by atoms with Crippen molar-refractivity contribution in [3.05, 3.63) is 48.0 Å². The summed E-state index contributed by atoms with van der Waals surface area (Å²) in [6, 6.07) is 5.47. The molecular formula is C13H11F2N3O3. The number of rotatable bonds is 5. The van der Waals surface area contributed by atoms with Gasteiger partial charge in [0.25, 0.3) is 12.3 Å². The third-order valence-corrected chi connectivity index (χ3v) is 2.63. The van der Waals surface area contributed by atoms with Gasteiger partial charge in [-0.05, 0) is 24.3 Å². The van der Waals surface area contributed by atoms with Crippen molar-refractivity contribution < 1.29 is 23.5 Å². The summed E-state index contributed by atoms with van der Waals surface area (Å²) in [6.45, 7) is -0.591. The summed E-state index contributed by atoms with van der Waals surface area (Å²) in [4.78, 5) is 26.4. The summed E-state index contributed by atoms with van der Waals surface area (Å²) in [6.07, 6.45) is 0.0246. The molecule has 0 atom stereocenters. The number of nitrogens with zero attached hydrogens (tertiary/aromatic N) is 2. The number of amides is 1. The molecule has 2 N–H and O–H groups in total. The first kappa shape index (κ1) is 14.6. The van der Waals surface area contributed by atoms with Crippen LogP contribution in [-0.4, -0.2) is 33.0 Å². The number of carbonyl (C=O) groups is 2. The van der Waals surface area contributed by atoms with Crippen LogP contribution in [0.5, 0.6) is 0 Å². The number of aromatic nitrogens is 2. The number of halogens is 2. The highest BCUT2D eigenvalue weighted by atomic mass is 19.3. The maximum absolute atomic E-state index is 12.4. The summed E-state index contributed by atoms with van der Waals surface area (Å²) < 4.78 is 25.9. The van der Waals surface area contributed by atoms with E-state index in [1.807, 2.05) is 0 Å². The SMILES string of the molecule is O=C(O)c1cc(NC(=O)c2cccn2CC(F)F)ccn1. The zero-order chi connectivity index (χ0) is 15.4. The van der Waals surface area contributed by atoms with Crippen LogP contribution in [0.3, 0.4) is 0 Å². The molecule has 1 amide bonds. The monoisotopic (exact) mass is 295 g/mol. The van der Waals surface area contributed by atoms with Gasteiger partial charge in [-0.3, -0.25) is 4.79 Å². The van der Waals surface area contributed by atoms with Crippen LogP contribution in [0.25, 0.3) is 0 Å². The molecule has 0 radical (unpaired) electrons. The van der Waals surface area contributed by atoms with Crippen molar-refractivity contribution in [3.8, 4) is 0 Å². The van der Waals surface area contributed by atoms with Crippen molar-refractivity contribution >= 4 is 17.6 Å². The Morgan fingerprint density at radius 1 is 1.38 bits per heavy atom. The third kappa shape index (κ3) is 3.62. The Hall–Kier alpha value is -2.77. The van der Waals surface area contributed by atoms with Crippen molar-refractivity contribution in [1.29, 1.82) is 0 Å². The number of anilines is 1. The minimum atomic E-state index is -2.58. The number of alkyl halides is 2. The van der Waals surface area contributed by atoms with Crippen molar-refractivity contribution in [2.45, 2.75) is 13.0 Å². The van der Waals surface area contributed by atoms with Crippen LogP contribution in [0.15, 0.2) is 36.7 Å². The highest BCUT2D eigenvalue weighted by molar-refractivity contribution is 6.03. The average molecular weight is 295 g/mol. The zero-order valence-corrected chi connectivity index (χ0v) is 10.7. The summed E-state index contributed by atoms with van der Waals surface area (Å²) >= 11 is 0. The minimum absolute atomic E-state index is 0.0592. The predicted molar refractivity (Wildman–Crippen MR) is 69.6 cm³/mol. The van der Waals surface area contributed by atoms with E-state index < -0.39 is 24.8 Å². The quantitative estimate of drug-likeness (QED) is 0.884. The van der Waals surface area contributed by atoms with E-state index in [1.54, 1.807) is 0 Å². The normalized spacial score (nSPS) is 10.6. The van der Waals surface area contributed by atoms with Gasteiger partial charge >= 0.3 is 5.97 Å². The molecule has 2 heterocycles. The Bertz CT molecular complexity index is 670. The van der Waals surface area contributed by atoms with Crippen molar-refractivity contribution in [2.75, 3.05) is 5.32 Å². The van der Waals surface area contributed by atoms with Gasteiger partial charge in [-0.15, -0.1) is 0 Å². The molecule has 2 aromatic heterocycles. The molecule has 6 nitrogen and oxygen atoms in total. The molecule has 0 aliphatic rings. The molecular weight excluding hydrogens is 284 g/mol. The number of aromatic carboxylic acids is 1. The molecule has 0 aromatic carbocycles. The minimum Gasteiger partial charge on any atom is -0.477 e. The molecule has 0 saturated carbocycles. The van der Waals surface area contributed by atoms with Crippen molar-refractivity contribution in [2.24, 2.45) is 0 Å². The molecule has 2 rings (SSSR count). The maximum Gasteiger partial charge on any atom is 0.354 e. The molecule has 0 bridgehead atoms. The van der Waals surface area contributed by atoms with E-state index in [-0.39, 0.29) is 17.1 Å². The summed E-state index contributed by atoms with van der Waals surface area (Å²) in [5, 5.41) is 11.3. The van der Waals surface area contributed by atoms with Crippen molar-refractivity contribution in [3.63, 3.8) is 0 Å². The smallest absolute Gasteiger partial charge is 0.354 e. The number of hydrogen-bond donors (Lipinski definition) is 2. The molecule has 0 fully saturated rings. The number of pyridine rings is 1. The number of carbonyl (C=O) groups excluding carboxylic acids is 1. The van der Waals surface area contributed by atoms with Gasteiger partial charge in [-0.25, -0.2) is 18.6 Å². The topological polar surface area (TPSA) is 84.2 Å². The summed E-state index contributed by atoms with van der Waals surface area (Å²) in [7, 11) is 0. The molecule has 110 valence electrons. The molecule has 0 unspecified atom stereocenters. The number of carboxylic acid groups (broad SMARTS) is 1. The largest absolute Gasteiger partial charge is 0.477 e. The zero-order valence-electron chi connectivity index (χ0n) is 10.7. The van der Waals surface area contributed by atoms with E-state index in [9.17, 15) is 18.4 Å². The van der Waals surface area contributed by atoms with Gasteiger partial charge in [0.1, 0.15) is 11.4 Å². The summed E-state index contributed by atoms with van der Waals surface area (Å²) in [5.41, 5.74) is 0.0527. The van der Waals surface area contributed by atoms with Crippen LogP contribution in [-0.2, 0) is 6.54 Å². The Morgan fingerprint density at radius 2 is 2.14 bits per heavy atom. The van der Waals surface area contributed by atoms with Gasteiger partial charge in [-0.2, -0.15) is 0 Å². The lowest BCUT2D eigenvalue weighted by atomic mass is 10.3. The predicted octanol–water partition coefficient (Wildman–Crippen LogP) is 2.10.